The monoisotopic (exact) mass is 325 g/mol. The molecular weight excluding hydrogens is 306 g/mol. The van der Waals surface area contributed by atoms with Crippen molar-refractivity contribution in [3.05, 3.63) is 60.2 Å². The van der Waals surface area contributed by atoms with Crippen molar-refractivity contribution in [1.29, 1.82) is 0 Å². The van der Waals surface area contributed by atoms with E-state index < -0.39 is 0 Å². The van der Waals surface area contributed by atoms with E-state index in [9.17, 15) is 5.11 Å². The topological polar surface area (TPSA) is 49.2 Å². The molecule has 0 spiro atoms. The highest BCUT2D eigenvalue weighted by Crippen LogP contribution is 2.25. The molecule has 5 heteroatoms. The highest BCUT2D eigenvalue weighted by Gasteiger charge is 2.16. The molecule has 118 valence electrons. The fourth-order valence-electron chi connectivity index (χ4n) is 2.36. The Morgan fingerprint density at radius 3 is 2.48 bits per heavy atom. The lowest BCUT2D eigenvalue weighted by Gasteiger charge is -2.23. The zero-order valence-corrected chi connectivity index (χ0v) is 14.0. The van der Waals surface area contributed by atoms with Crippen molar-refractivity contribution >= 4 is 16.7 Å². The van der Waals surface area contributed by atoms with Crippen molar-refractivity contribution in [2.45, 2.75) is 19.4 Å². The minimum atomic E-state index is 0.288. The van der Waals surface area contributed by atoms with E-state index in [1.54, 1.807) is 12.1 Å². The maximum Gasteiger partial charge on any atom is 0.205 e. The standard InChI is InChI=1S/C18H19N3OS/c1-13(12-14-8-10-16(22)11-9-14)21(2)18-19-17(20-23-18)15-6-4-3-5-7-15/h3-11,13,22H,12H2,1-2H3. The zero-order chi connectivity index (χ0) is 16.2. The van der Waals surface area contributed by atoms with E-state index in [0.29, 0.717) is 5.75 Å². The molecule has 1 heterocycles. The molecule has 23 heavy (non-hydrogen) atoms. The first kappa shape index (κ1) is 15.5. The van der Waals surface area contributed by atoms with Gasteiger partial charge in [0.05, 0.1) is 0 Å². The van der Waals surface area contributed by atoms with Crippen LogP contribution in [0, 0.1) is 0 Å². The normalized spacial score (nSPS) is 12.1. The summed E-state index contributed by atoms with van der Waals surface area (Å²) in [7, 11) is 2.04. The highest BCUT2D eigenvalue weighted by atomic mass is 32.1. The van der Waals surface area contributed by atoms with Gasteiger partial charge in [-0.3, -0.25) is 0 Å². The van der Waals surface area contributed by atoms with Gasteiger partial charge in [0.15, 0.2) is 5.82 Å². The maximum absolute atomic E-state index is 9.36. The van der Waals surface area contributed by atoms with Crippen molar-refractivity contribution in [2.75, 3.05) is 11.9 Å². The van der Waals surface area contributed by atoms with E-state index in [2.05, 4.69) is 21.2 Å². The molecule has 3 aromatic rings. The molecule has 1 unspecified atom stereocenters. The quantitative estimate of drug-likeness (QED) is 0.771. The molecular formula is C18H19N3OS. The van der Waals surface area contributed by atoms with Crippen LogP contribution in [-0.2, 0) is 6.42 Å². The van der Waals surface area contributed by atoms with E-state index in [1.165, 1.54) is 17.1 Å². The molecule has 1 aromatic heterocycles. The van der Waals surface area contributed by atoms with Gasteiger partial charge in [0.1, 0.15) is 5.75 Å². The van der Waals surface area contributed by atoms with Crippen molar-refractivity contribution in [2.24, 2.45) is 0 Å². The number of aromatic nitrogens is 2. The molecule has 0 aliphatic rings. The largest absolute Gasteiger partial charge is 0.508 e. The molecule has 0 saturated carbocycles. The van der Waals surface area contributed by atoms with E-state index in [0.717, 1.165) is 22.9 Å². The van der Waals surface area contributed by atoms with Crippen molar-refractivity contribution in [1.82, 2.24) is 9.36 Å². The van der Waals surface area contributed by atoms with Gasteiger partial charge in [-0.15, -0.1) is 0 Å². The first-order chi connectivity index (χ1) is 11.1. The minimum Gasteiger partial charge on any atom is -0.508 e. The third-order valence-corrected chi connectivity index (χ3v) is 4.68. The summed E-state index contributed by atoms with van der Waals surface area (Å²) in [4.78, 5) is 6.80. The van der Waals surface area contributed by atoms with Crippen LogP contribution < -0.4 is 4.90 Å². The number of hydrogen-bond donors (Lipinski definition) is 1. The molecule has 2 aromatic carbocycles. The number of phenols is 1. The van der Waals surface area contributed by atoms with Crippen LogP contribution in [-0.4, -0.2) is 27.6 Å². The second-order valence-electron chi connectivity index (χ2n) is 5.60. The van der Waals surface area contributed by atoms with E-state index >= 15 is 0 Å². The fourth-order valence-corrected chi connectivity index (χ4v) is 3.11. The van der Waals surface area contributed by atoms with Crippen molar-refractivity contribution in [3.8, 4) is 17.1 Å². The smallest absolute Gasteiger partial charge is 0.205 e. The SMILES string of the molecule is CC(Cc1ccc(O)cc1)N(C)c1nc(-c2ccccc2)ns1. The van der Waals surface area contributed by atoms with Crippen LogP contribution >= 0.6 is 11.5 Å². The van der Waals surface area contributed by atoms with Crippen LogP contribution in [0.15, 0.2) is 54.6 Å². The molecule has 3 rings (SSSR count). The number of benzene rings is 2. The number of nitrogens with zero attached hydrogens (tertiary/aromatic N) is 3. The Morgan fingerprint density at radius 1 is 1.09 bits per heavy atom. The average Bonchev–Trinajstić information content (AvgIpc) is 3.07. The van der Waals surface area contributed by atoms with E-state index in [-0.39, 0.29) is 6.04 Å². The number of aromatic hydroxyl groups is 1. The predicted molar refractivity (Wildman–Crippen MR) is 95.0 cm³/mol. The van der Waals surface area contributed by atoms with Gasteiger partial charge in [0.2, 0.25) is 5.13 Å². The van der Waals surface area contributed by atoms with Crippen LogP contribution in [0.2, 0.25) is 0 Å². The number of anilines is 1. The number of hydrogen-bond acceptors (Lipinski definition) is 5. The summed E-state index contributed by atoms with van der Waals surface area (Å²) in [6, 6.07) is 17.7. The van der Waals surface area contributed by atoms with E-state index in [4.69, 9.17) is 0 Å². The van der Waals surface area contributed by atoms with Crippen LogP contribution in [0.3, 0.4) is 0 Å². The Hall–Kier alpha value is -2.40. The van der Waals surface area contributed by atoms with Gasteiger partial charge in [-0.1, -0.05) is 42.5 Å². The second-order valence-corrected chi connectivity index (χ2v) is 6.33. The third-order valence-electron chi connectivity index (χ3n) is 3.88. The Balaban J connectivity index is 1.71. The number of likely N-dealkylation sites (N-methyl/N-ethyl adjacent to an activating group) is 1. The van der Waals surface area contributed by atoms with E-state index in [1.807, 2.05) is 49.5 Å². The molecule has 0 saturated heterocycles. The average molecular weight is 325 g/mol. The number of rotatable bonds is 5. The maximum atomic E-state index is 9.36. The first-order valence-corrected chi connectivity index (χ1v) is 8.30. The predicted octanol–water partition coefficient (Wildman–Crippen LogP) is 3.98. The molecule has 0 aliphatic heterocycles. The second kappa shape index (κ2) is 6.79. The molecule has 0 amide bonds. The van der Waals surface area contributed by atoms with Gasteiger partial charge in [-0.05, 0) is 31.0 Å². The van der Waals surface area contributed by atoms with Gasteiger partial charge in [0.25, 0.3) is 0 Å². The van der Waals surface area contributed by atoms with Crippen molar-refractivity contribution in [3.63, 3.8) is 0 Å². The van der Waals surface area contributed by atoms with Gasteiger partial charge in [-0.2, -0.15) is 9.36 Å². The molecule has 1 N–H and O–H groups in total. The van der Waals surface area contributed by atoms with Crippen LogP contribution in [0.25, 0.3) is 11.4 Å². The zero-order valence-electron chi connectivity index (χ0n) is 13.2. The Kier molecular flexibility index (Phi) is 4.57. The summed E-state index contributed by atoms with van der Waals surface area (Å²) in [5.41, 5.74) is 2.23. The summed E-state index contributed by atoms with van der Waals surface area (Å²) < 4.78 is 4.46. The summed E-state index contributed by atoms with van der Waals surface area (Å²) in [6.07, 6.45) is 0.886. The summed E-state index contributed by atoms with van der Waals surface area (Å²) in [5, 5.41) is 10.3. The lowest BCUT2D eigenvalue weighted by atomic mass is 10.1. The molecule has 0 radical (unpaired) electrons. The lowest BCUT2D eigenvalue weighted by molar-refractivity contribution is 0.475. The van der Waals surface area contributed by atoms with Crippen LogP contribution in [0.4, 0.5) is 5.13 Å². The fraction of sp³-hybridized carbons (Fsp3) is 0.222. The first-order valence-electron chi connectivity index (χ1n) is 7.53. The Labute approximate surface area is 140 Å². The number of phenolic OH excluding ortho intramolecular Hbond substituents is 1. The lowest BCUT2D eigenvalue weighted by Crippen LogP contribution is -2.30. The molecule has 4 nitrogen and oxygen atoms in total. The Morgan fingerprint density at radius 2 is 1.78 bits per heavy atom. The Bertz CT molecular complexity index is 755. The molecule has 0 bridgehead atoms. The summed E-state index contributed by atoms with van der Waals surface area (Å²) in [5.74, 6) is 1.07. The third kappa shape index (κ3) is 3.68. The van der Waals surface area contributed by atoms with Gasteiger partial charge in [-0.25, -0.2) is 0 Å². The molecule has 0 fully saturated rings. The van der Waals surface area contributed by atoms with Crippen LogP contribution in [0.5, 0.6) is 5.75 Å². The van der Waals surface area contributed by atoms with Crippen LogP contribution in [0.1, 0.15) is 12.5 Å². The summed E-state index contributed by atoms with van der Waals surface area (Å²) in [6.45, 7) is 2.16. The molecule has 1 atom stereocenters. The minimum absolute atomic E-state index is 0.288. The van der Waals surface area contributed by atoms with Gasteiger partial charge < -0.3 is 10.0 Å². The van der Waals surface area contributed by atoms with Crippen molar-refractivity contribution < 1.29 is 5.11 Å². The van der Waals surface area contributed by atoms with Gasteiger partial charge in [0, 0.05) is 30.2 Å². The summed E-state index contributed by atoms with van der Waals surface area (Å²) >= 11 is 1.42. The highest BCUT2D eigenvalue weighted by molar-refractivity contribution is 7.09. The van der Waals surface area contributed by atoms with Gasteiger partial charge >= 0.3 is 0 Å². The molecule has 0 aliphatic carbocycles.